The van der Waals surface area contributed by atoms with E-state index in [1.807, 2.05) is 42.5 Å². The molecule has 1 N–H and O–H groups in total. The van der Waals surface area contributed by atoms with Gasteiger partial charge in [-0.15, -0.1) is 10.2 Å². The predicted molar refractivity (Wildman–Crippen MR) is 129 cm³/mol. The molecule has 1 saturated carbocycles. The summed E-state index contributed by atoms with van der Waals surface area (Å²) in [6, 6.07) is 13.9. The van der Waals surface area contributed by atoms with Crippen molar-refractivity contribution in [3.8, 4) is 28.6 Å². The zero-order valence-electron chi connectivity index (χ0n) is 19.4. The lowest BCUT2D eigenvalue weighted by Crippen LogP contribution is -2.15. The van der Waals surface area contributed by atoms with Gasteiger partial charge in [-0.1, -0.05) is 61.4 Å². The Hall–Kier alpha value is -2.71. The van der Waals surface area contributed by atoms with Crippen LogP contribution in [-0.2, 0) is 0 Å². The summed E-state index contributed by atoms with van der Waals surface area (Å²) in [6.07, 6.45) is 5.24. The Balaban J connectivity index is 1.69. The van der Waals surface area contributed by atoms with E-state index >= 15 is 0 Å². The van der Waals surface area contributed by atoms with E-state index in [9.17, 15) is 5.11 Å². The highest BCUT2D eigenvalue weighted by Crippen LogP contribution is 2.43. The van der Waals surface area contributed by atoms with E-state index < -0.39 is 6.10 Å². The summed E-state index contributed by atoms with van der Waals surface area (Å²) in [5.41, 5.74) is 1.76. The highest BCUT2D eigenvalue weighted by molar-refractivity contribution is 7.99. The van der Waals surface area contributed by atoms with E-state index in [1.165, 1.54) is 31.0 Å². The largest absolute Gasteiger partial charge is 0.493 e. The van der Waals surface area contributed by atoms with Gasteiger partial charge in [-0.3, -0.25) is 4.57 Å². The lowest BCUT2D eigenvalue weighted by atomic mass is 9.95. The average Bonchev–Trinajstić information content (AvgIpc) is 3.31. The summed E-state index contributed by atoms with van der Waals surface area (Å²) in [5, 5.41) is 20.6. The standard InChI is InChI=1S/C25H31N3O4S/c1-30-21-14-18(15-22(31-2)23(21)32-3)24-26-27-25(28(24)19-12-8-5-9-13-19)33-16-20(29)17-10-6-4-7-11-17/h4,6-7,10-11,14-15,19-20,29H,5,8-9,12-13,16H2,1-3H3/t20-/m0/s1. The first-order valence-electron chi connectivity index (χ1n) is 11.3. The summed E-state index contributed by atoms with van der Waals surface area (Å²) in [5.74, 6) is 2.99. The predicted octanol–water partition coefficient (Wildman–Crippen LogP) is 5.30. The fraction of sp³-hybridized carbons (Fsp3) is 0.440. The number of methoxy groups -OCH3 is 3. The SMILES string of the molecule is COc1cc(-c2nnc(SC[C@H](O)c3ccccc3)n2C2CCCCC2)cc(OC)c1OC. The van der Waals surface area contributed by atoms with Crippen molar-refractivity contribution in [1.29, 1.82) is 0 Å². The van der Waals surface area contributed by atoms with E-state index in [-0.39, 0.29) is 0 Å². The maximum Gasteiger partial charge on any atom is 0.203 e. The molecule has 33 heavy (non-hydrogen) atoms. The number of hydrogen-bond acceptors (Lipinski definition) is 7. The first-order valence-corrected chi connectivity index (χ1v) is 12.3. The van der Waals surface area contributed by atoms with Crippen molar-refractivity contribution >= 4 is 11.8 Å². The molecule has 2 aromatic carbocycles. The molecule has 176 valence electrons. The second-order valence-corrected chi connectivity index (χ2v) is 9.11. The molecular weight excluding hydrogens is 438 g/mol. The molecule has 1 heterocycles. The molecule has 0 saturated heterocycles. The van der Waals surface area contributed by atoms with Crippen molar-refractivity contribution in [1.82, 2.24) is 14.8 Å². The van der Waals surface area contributed by atoms with Crippen molar-refractivity contribution in [2.75, 3.05) is 27.1 Å². The van der Waals surface area contributed by atoms with Crippen LogP contribution in [0.4, 0.5) is 0 Å². The van der Waals surface area contributed by atoms with Crippen molar-refractivity contribution in [2.24, 2.45) is 0 Å². The molecule has 1 atom stereocenters. The maximum absolute atomic E-state index is 10.7. The van der Waals surface area contributed by atoms with E-state index in [4.69, 9.17) is 14.2 Å². The molecule has 0 bridgehead atoms. The first-order chi connectivity index (χ1) is 16.2. The molecule has 0 spiro atoms. The third kappa shape index (κ3) is 5.12. The van der Waals surface area contributed by atoms with Crippen LogP contribution in [0, 0.1) is 0 Å². The number of ether oxygens (including phenoxy) is 3. The third-order valence-corrected chi connectivity index (χ3v) is 7.10. The number of rotatable bonds is 9. The van der Waals surface area contributed by atoms with Gasteiger partial charge in [0, 0.05) is 17.4 Å². The summed E-state index contributed by atoms with van der Waals surface area (Å²) in [4.78, 5) is 0. The minimum Gasteiger partial charge on any atom is -0.493 e. The van der Waals surface area contributed by atoms with Crippen molar-refractivity contribution in [3.05, 3.63) is 48.0 Å². The Labute approximate surface area is 199 Å². The van der Waals surface area contributed by atoms with Gasteiger partial charge < -0.3 is 19.3 Å². The smallest absolute Gasteiger partial charge is 0.203 e. The first kappa shape index (κ1) is 23.4. The Morgan fingerprint density at radius 2 is 1.64 bits per heavy atom. The van der Waals surface area contributed by atoms with Crippen LogP contribution in [0.25, 0.3) is 11.4 Å². The molecule has 1 fully saturated rings. The van der Waals surface area contributed by atoms with Gasteiger partial charge in [0.05, 0.1) is 27.4 Å². The van der Waals surface area contributed by atoms with Crippen LogP contribution in [-0.4, -0.2) is 47.0 Å². The molecule has 8 heteroatoms. The molecule has 0 radical (unpaired) electrons. The van der Waals surface area contributed by atoms with Crippen molar-refractivity contribution < 1.29 is 19.3 Å². The Kier molecular flexibility index (Phi) is 7.77. The summed E-state index contributed by atoms with van der Waals surface area (Å²) >= 11 is 1.54. The van der Waals surface area contributed by atoms with Crippen LogP contribution in [0.1, 0.15) is 49.8 Å². The van der Waals surface area contributed by atoms with Crippen LogP contribution >= 0.6 is 11.8 Å². The molecule has 7 nitrogen and oxygen atoms in total. The van der Waals surface area contributed by atoms with E-state index in [0.717, 1.165) is 34.9 Å². The average molecular weight is 470 g/mol. The fourth-order valence-electron chi connectivity index (χ4n) is 4.38. The van der Waals surface area contributed by atoms with Gasteiger partial charge >= 0.3 is 0 Å². The highest BCUT2D eigenvalue weighted by atomic mass is 32.2. The fourth-order valence-corrected chi connectivity index (χ4v) is 5.35. The topological polar surface area (TPSA) is 78.6 Å². The lowest BCUT2D eigenvalue weighted by molar-refractivity contribution is 0.204. The second kappa shape index (κ2) is 10.9. The number of aromatic nitrogens is 3. The molecule has 1 aromatic heterocycles. The minimum atomic E-state index is -0.572. The van der Waals surface area contributed by atoms with Gasteiger partial charge in [-0.2, -0.15) is 0 Å². The molecule has 1 aliphatic carbocycles. The number of aliphatic hydroxyl groups is 1. The molecule has 0 amide bonds. The normalized spacial score (nSPS) is 15.3. The number of nitrogens with zero attached hydrogens (tertiary/aromatic N) is 3. The highest BCUT2D eigenvalue weighted by Gasteiger charge is 2.26. The van der Waals surface area contributed by atoms with Crippen LogP contribution in [0.15, 0.2) is 47.6 Å². The molecule has 1 aliphatic rings. The maximum atomic E-state index is 10.7. The van der Waals surface area contributed by atoms with E-state index in [2.05, 4.69) is 14.8 Å². The number of thioether (sulfide) groups is 1. The van der Waals surface area contributed by atoms with Gasteiger partial charge in [0.2, 0.25) is 5.75 Å². The van der Waals surface area contributed by atoms with Crippen LogP contribution in [0.2, 0.25) is 0 Å². The lowest BCUT2D eigenvalue weighted by Gasteiger charge is -2.26. The monoisotopic (exact) mass is 469 g/mol. The van der Waals surface area contributed by atoms with Gasteiger partial charge in [-0.25, -0.2) is 0 Å². The van der Waals surface area contributed by atoms with Gasteiger partial charge in [0.25, 0.3) is 0 Å². The Morgan fingerprint density at radius 1 is 0.970 bits per heavy atom. The number of hydrogen-bond donors (Lipinski definition) is 1. The van der Waals surface area contributed by atoms with Crippen LogP contribution < -0.4 is 14.2 Å². The van der Waals surface area contributed by atoms with E-state index in [1.54, 1.807) is 21.3 Å². The third-order valence-electron chi connectivity index (χ3n) is 6.08. The molecule has 0 aliphatic heterocycles. The zero-order valence-corrected chi connectivity index (χ0v) is 20.2. The van der Waals surface area contributed by atoms with Crippen molar-refractivity contribution in [3.63, 3.8) is 0 Å². The summed E-state index contributed by atoms with van der Waals surface area (Å²) in [7, 11) is 4.82. The van der Waals surface area contributed by atoms with Crippen LogP contribution in [0.3, 0.4) is 0 Å². The Morgan fingerprint density at radius 3 is 2.24 bits per heavy atom. The number of aliphatic hydroxyl groups excluding tert-OH is 1. The molecular formula is C25H31N3O4S. The molecule has 0 unspecified atom stereocenters. The molecule has 3 aromatic rings. The minimum absolute atomic E-state index is 0.319. The Bertz CT molecular complexity index is 1030. The zero-order chi connectivity index (χ0) is 23.2. The summed E-state index contributed by atoms with van der Waals surface area (Å²) < 4.78 is 18.8. The van der Waals surface area contributed by atoms with Crippen molar-refractivity contribution in [2.45, 2.75) is 49.4 Å². The molecule has 4 rings (SSSR count). The number of benzene rings is 2. The van der Waals surface area contributed by atoms with Gasteiger partial charge in [0.1, 0.15) is 0 Å². The van der Waals surface area contributed by atoms with Gasteiger partial charge in [0.15, 0.2) is 22.5 Å². The van der Waals surface area contributed by atoms with E-state index in [0.29, 0.717) is 29.0 Å². The second-order valence-electron chi connectivity index (χ2n) is 8.12. The quantitative estimate of drug-likeness (QED) is 0.426. The van der Waals surface area contributed by atoms with Crippen LogP contribution in [0.5, 0.6) is 17.2 Å². The van der Waals surface area contributed by atoms with Gasteiger partial charge in [-0.05, 0) is 30.5 Å². The summed E-state index contributed by atoms with van der Waals surface area (Å²) in [6.45, 7) is 0.